The normalized spacial score (nSPS) is 19.3. The third-order valence-electron chi connectivity index (χ3n) is 5.69. The van der Waals surface area contributed by atoms with Crippen molar-refractivity contribution in [2.24, 2.45) is 0 Å². The Morgan fingerprint density at radius 3 is 2.83 bits per heavy atom. The van der Waals surface area contributed by atoms with E-state index in [4.69, 9.17) is 9.47 Å². The fourth-order valence-corrected chi connectivity index (χ4v) is 4.01. The molecule has 1 N–H and O–H groups in total. The van der Waals surface area contributed by atoms with E-state index in [1.165, 1.54) is 0 Å². The van der Waals surface area contributed by atoms with Gasteiger partial charge in [-0.3, -0.25) is 14.5 Å². The van der Waals surface area contributed by atoms with Crippen LogP contribution in [-0.2, 0) is 9.59 Å². The highest BCUT2D eigenvalue weighted by atomic mass is 16.5. The Hall–Kier alpha value is -3.06. The van der Waals surface area contributed by atoms with Crippen LogP contribution >= 0.6 is 0 Å². The van der Waals surface area contributed by atoms with Gasteiger partial charge in [0.1, 0.15) is 18.1 Å². The third kappa shape index (κ3) is 4.26. The number of rotatable bonds is 3. The van der Waals surface area contributed by atoms with Crippen LogP contribution in [0.4, 0.5) is 5.69 Å². The summed E-state index contributed by atoms with van der Waals surface area (Å²) in [6, 6.07) is 13.6. The van der Waals surface area contributed by atoms with Gasteiger partial charge in [-0.15, -0.1) is 0 Å². The van der Waals surface area contributed by atoms with Crippen molar-refractivity contribution in [1.82, 2.24) is 9.80 Å². The maximum absolute atomic E-state index is 12.7. The number of nitrogens with one attached hydrogen (secondary N) is 1. The number of nitrogens with zero attached hydrogens (tertiary/aromatic N) is 2. The standard InChI is InChI=1S/C23H27N3O4/c1-3-23(28)26-10-9-25-14-22(27)24-20-12-17(16-5-4-6-19(11-16)29-2)7-8-21(20)30-15-18(25)13-26/h4-8,11-12,18H,3,9-10,13-15H2,1-2H3,(H,24,27)/t18-/m1/s1. The van der Waals surface area contributed by atoms with E-state index in [1.54, 1.807) is 7.11 Å². The Kier molecular flexibility index (Phi) is 5.90. The minimum absolute atomic E-state index is 0.0102. The summed E-state index contributed by atoms with van der Waals surface area (Å²) in [5.74, 6) is 1.47. The molecule has 7 heteroatoms. The summed E-state index contributed by atoms with van der Waals surface area (Å²) >= 11 is 0. The van der Waals surface area contributed by atoms with Crippen LogP contribution in [-0.4, -0.2) is 67.6 Å². The Bertz CT molecular complexity index is 946. The molecule has 7 nitrogen and oxygen atoms in total. The number of piperazine rings is 1. The monoisotopic (exact) mass is 409 g/mol. The highest BCUT2D eigenvalue weighted by molar-refractivity contribution is 5.94. The number of methoxy groups -OCH3 is 1. The van der Waals surface area contributed by atoms with Crippen molar-refractivity contribution >= 4 is 17.5 Å². The maximum atomic E-state index is 12.7. The molecule has 2 aromatic rings. The van der Waals surface area contributed by atoms with E-state index in [-0.39, 0.29) is 24.4 Å². The van der Waals surface area contributed by atoms with Crippen molar-refractivity contribution < 1.29 is 19.1 Å². The first-order valence-electron chi connectivity index (χ1n) is 10.3. The Balaban J connectivity index is 1.58. The van der Waals surface area contributed by atoms with E-state index in [0.717, 1.165) is 16.9 Å². The molecule has 1 atom stereocenters. The number of anilines is 1. The van der Waals surface area contributed by atoms with Gasteiger partial charge in [0.25, 0.3) is 0 Å². The van der Waals surface area contributed by atoms with E-state index in [2.05, 4.69) is 10.2 Å². The number of carbonyl (C=O) groups is 2. The molecule has 1 saturated heterocycles. The van der Waals surface area contributed by atoms with E-state index in [9.17, 15) is 9.59 Å². The summed E-state index contributed by atoms with van der Waals surface area (Å²) in [5.41, 5.74) is 2.62. The molecule has 2 aliphatic rings. The van der Waals surface area contributed by atoms with Gasteiger partial charge in [-0.1, -0.05) is 25.1 Å². The number of hydrogen-bond donors (Lipinski definition) is 1. The predicted octanol–water partition coefficient (Wildman–Crippen LogP) is 2.62. The Morgan fingerprint density at radius 2 is 2.03 bits per heavy atom. The summed E-state index contributed by atoms with van der Waals surface area (Å²) in [5, 5.41) is 3.00. The van der Waals surface area contributed by atoms with Crippen molar-refractivity contribution in [3.8, 4) is 22.6 Å². The topological polar surface area (TPSA) is 71.1 Å². The lowest BCUT2D eigenvalue weighted by Crippen LogP contribution is -2.57. The summed E-state index contributed by atoms with van der Waals surface area (Å²) < 4.78 is 11.4. The molecule has 0 bridgehead atoms. The van der Waals surface area contributed by atoms with Gasteiger partial charge in [-0.25, -0.2) is 0 Å². The lowest BCUT2D eigenvalue weighted by atomic mass is 10.0. The van der Waals surface area contributed by atoms with E-state index in [0.29, 0.717) is 44.1 Å². The van der Waals surface area contributed by atoms with Crippen LogP contribution in [0.3, 0.4) is 0 Å². The van der Waals surface area contributed by atoms with E-state index < -0.39 is 0 Å². The molecular formula is C23H27N3O4. The van der Waals surface area contributed by atoms with Crippen LogP contribution < -0.4 is 14.8 Å². The van der Waals surface area contributed by atoms with Crippen LogP contribution in [0.1, 0.15) is 13.3 Å². The molecule has 0 radical (unpaired) electrons. The minimum atomic E-state index is -0.0789. The van der Waals surface area contributed by atoms with Crippen LogP contribution in [0, 0.1) is 0 Å². The zero-order chi connectivity index (χ0) is 21.1. The number of carbonyl (C=O) groups excluding carboxylic acids is 2. The maximum Gasteiger partial charge on any atom is 0.238 e. The van der Waals surface area contributed by atoms with E-state index >= 15 is 0 Å². The van der Waals surface area contributed by atoms with Gasteiger partial charge in [0.15, 0.2) is 0 Å². The second-order valence-electron chi connectivity index (χ2n) is 7.62. The number of amides is 2. The molecule has 0 saturated carbocycles. The molecule has 0 spiro atoms. The van der Waals surface area contributed by atoms with E-state index in [1.807, 2.05) is 54.3 Å². The summed E-state index contributed by atoms with van der Waals surface area (Å²) in [6.45, 7) is 4.47. The second kappa shape index (κ2) is 8.75. The molecule has 2 heterocycles. The van der Waals surface area contributed by atoms with Crippen molar-refractivity contribution in [1.29, 1.82) is 0 Å². The zero-order valence-electron chi connectivity index (χ0n) is 17.4. The number of fused-ring (bicyclic) bond motifs is 2. The molecule has 1 fully saturated rings. The summed E-state index contributed by atoms with van der Waals surface area (Å²) in [4.78, 5) is 28.8. The molecule has 4 rings (SSSR count). The number of hydrogen-bond acceptors (Lipinski definition) is 5. The highest BCUT2D eigenvalue weighted by Crippen LogP contribution is 2.33. The Morgan fingerprint density at radius 1 is 1.20 bits per heavy atom. The lowest BCUT2D eigenvalue weighted by Gasteiger charge is -2.40. The molecule has 0 aliphatic carbocycles. The number of benzene rings is 2. The smallest absolute Gasteiger partial charge is 0.238 e. The second-order valence-corrected chi connectivity index (χ2v) is 7.62. The fraction of sp³-hybridized carbons (Fsp3) is 0.391. The quantitative estimate of drug-likeness (QED) is 0.844. The van der Waals surface area contributed by atoms with Gasteiger partial charge in [-0.2, -0.15) is 0 Å². The van der Waals surface area contributed by atoms with Crippen LogP contribution in [0.2, 0.25) is 0 Å². The van der Waals surface area contributed by atoms with Crippen LogP contribution in [0.15, 0.2) is 42.5 Å². The minimum Gasteiger partial charge on any atom is -0.497 e. The largest absolute Gasteiger partial charge is 0.497 e. The first kappa shape index (κ1) is 20.2. The average molecular weight is 409 g/mol. The molecule has 158 valence electrons. The van der Waals surface area contributed by atoms with Crippen molar-refractivity contribution in [2.45, 2.75) is 19.4 Å². The van der Waals surface area contributed by atoms with Gasteiger partial charge >= 0.3 is 0 Å². The van der Waals surface area contributed by atoms with Gasteiger partial charge in [-0.05, 0) is 35.4 Å². The van der Waals surface area contributed by atoms with Crippen molar-refractivity contribution in [3.05, 3.63) is 42.5 Å². The van der Waals surface area contributed by atoms with Crippen molar-refractivity contribution in [3.63, 3.8) is 0 Å². The summed E-state index contributed by atoms with van der Waals surface area (Å²) in [7, 11) is 1.64. The van der Waals surface area contributed by atoms with Crippen molar-refractivity contribution in [2.75, 3.05) is 45.2 Å². The summed E-state index contributed by atoms with van der Waals surface area (Å²) in [6.07, 6.45) is 0.490. The molecule has 2 amide bonds. The number of ether oxygens (including phenoxy) is 2. The molecule has 0 unspecified atom stereocenters. The highest BCUT2D eigenvalue weighted by Gasteiger charge is 2.32. The molecular weight excluding hydrogens is 382 g/mol. The molecule has 30 heavy (non-hydrogen) atoms. The van der Waals surface area contributed by atoms with Gasteiger partial charge in [0.2, 0.25) is 11.8 Å². The first-order chi connectivity index (χ1) is 14.6. The molecule has 2 aliphatic heterocycles. The third-order valence-corrected chi connectivity index (χ3v) is 5.69. The molecule has 2 aromatic carbocycles. The van der Waals surface area contributed by atoms with Crippen LogP contribution in [0.5, 0.6) is 11.5 Å². The lowest BCUT2D eigenvalue weighted by molar-refractivity contribution is -0.134. The van der Waals surface area contributed by atoms with Gasteiger partial charge in [0.05, 0.1) is 25.4 Å². The SMILES string of the molecule is CCC(=O)N1CCN2CC(=O)Nc3cc(-c4cccc(OC)c4)ccc3OC[C@H]2C1. The zero-order valence-corrected chi connectivity index (χ0v) is 17.4. The average Bonchev–Trinajstić information content (AvgIpc) is 2.84. The van der Waals surface area contributed by atoms with Crippen LogP contribution in [0.25, 0.3) is 11.1 Å². The fourth-order valence-electron chi connectivity index (χ4n) is 4.01. The Labute approximate surface area is 176 Å². The van der Waals surface area contributed by atoms with Gasteiger partial charge in [0, 0.05) is 26.1 Å². The van der Waals surface area contributed by atoms with Gasteiger partial charge < -0.3 is 19.7 Å². The first-order valence-corrected chi connectivity index (χ1v) is 10.3. The molecule has 0 aromatic heterocycles. The predicted molar refractivity (Wildman–Crippen MR) is 115 cm³/mol.